The lowest BCUT2D eigenvalue weighted by Crippen LogP contribution is -2.41. The fraction of sp³-hybridized carbons (Fsp3) is 0.500. The number of aliphatic hydroxyl groups excluding tert-OH is 1. The highest BCUT2D eigenvalue weighted by Crippen LogP contribution is 2.29. The number of methoxy groups -OCH3 is 1. The molecule has 2 aromatic rings. The summed E-state index contributed by atoms with van der Waals surface area (Å²) in [7, 11) is 3.19. The van der Waals surface area contributed by atoms with Crippen LogP contribution in [-0.2, 0) is 20.8 Å². The molecule has 38 heavy (non-hydrogen) atoms. The topological polar surface area (TPSA) is 118 Å². The summed E-state index contributed by atoms with van der Waals surface area (Å²) in [6, 6.07) is 12.6. The summed E-state index contributed by atoms with van der Waals surface area (Å²) in [5.74, 6) is 0.241. The van der Waals surface area contributed by atoms with Crippen LogP contribution < -0.4 is 16.0 Å². The van der Waals surface area contributed by atoms with Gasteiger partial charge in [-0.1, -0.05) is 29.8 Å². The average Bonchev–Trinajstić information content (AvgIpc) is 2.95. The molecule has 4 N–H and O–H groups in total. The average molecular weight is 548 g/mol. The minimum atomic E-state index is -0.581. The molecule has 1 saturated heterocycles. The van der Waals surface area contributed by atoms with Gasteiger partial charge in [0.25, 0.3) is 5.91 Å². The van der Waals surface area contributed by atoms with Gasteiger partial charge in [-0.25, -0.2) is 4.79 Å². The Morgan fingerprint density at radius 1 is 1.18 bits per heavy atom. The van der Waals surface area contributed by atoms with Crippen LogP contribution in [-0.4, -0.2) is 70.2 Å². The van der Waals surface area contributed by atoms with Gasteiger partial charge in [0.15, 0.2) is 0 Å². The van der Waals surface area contributed by atoms with Crippen LogP contribution in [0.3, 0.4) is 0 Å². The molecule has 10 heteroatoms. The van der Waals surface area contributed by atoms with Gasteiger partial charge in [0, 0.05) is 42.9 Å². The summed E-state index contributed by atoms with van der Waals surface area (Å²) < 4.78 is 16.3. The number of ether oxygens (including phenoxy) is 3. The zero-order valence-electron chi connectivity index (χ0n) is 22.0. The van der Waals surface area contributed by atoms with Crippen molar-refractivity contribution in [2.24, 2.45) is 5.92 Å². The molecule has 2 amide bonds. The van der Waals surface area contributed by atoms with E-state index in [4.69, 9.17) is 21.1 Å². The molecule has 3 atom stereocenters. The predicted octanol–water partition coefficient (Wildman–Crippen LogP) is 3.43. The van der Waals surface area contributed by atoms with E-state index >= 15 is 0 Å². The minimum Gasteiger partial charge on any atom is -0.453 e. The highest BCUT2D eigenvalue weighted by molar-refractivity contribution is 6.30. The van der Waals surface area contributed by atoms with E-state index in [9.17, 15) is 14.7 Å². The molecule has 9 nitrogen and oxygen atoms in total. The fourth-order valence-corrected chi connectivity index (χ4v) is 4.76. The summed E-state index contributed by atoms with van der Waals surface area (Å²) in [5.41, 5.74) is 2.47. The minimum absolute atomic E-state index is 0.121. The van der Waals surface area contributed by atoms with Crippen molar-refractivity contribution in [2.45, 2.75) is 38.0 Å². The number of aliphatic hydroxyl groups is 1. The Morgan fingerprint density at radius 2 is 2.03 bits per heavy atom. The standard InChI is InChI=1S/C28H38ClN3O6/c1-30-25(13-19-5-4-9-37-18-19)16-32-27(34)23-12-20(17-33)11-22(14-23)26(21-6-3-7-24(29)15-21)38-10-8-31-28(35)36-2/h3,6-7,11-12,14-15,19,25-26,30,33H,4-5,8-10,13,16-18H2,1-2H3,(H,31,35)(H,32,34)/t19-,25?,26?/m1/s1. The third kappa shape index (κ3) is 9.25. The monoisotopic (exact) mass is 547 g/mol. The van der Waals surface area contributed by atoms with Crippen LogP contribution in [0.15, 0.2) is 42.5 Å². The maximum absolute atomic E-state index is 13.2. The molecular weight excluding hydrogens is 510 g/mol. The Bertz CT molecular complexity index is 1050. The molecule has 0 bridgehead atoms. The first kappa shape index (κ1) is 29.9. The molecule has 2 aromatic carbocycles. The molecule has 1 heterocycles. The van der Waals surface area contributed by atoms with Gasteiger partial charge in [-0.3, -0.25) is 4.79 Å². The molecular formula is C28H38ClN3O6. The van der Waals surface area contributed by atoms with Crippen LogP contribution in [0.25, 0.3) is 0 Å². The maximum Gasteiger partial charge on any atom is 0.406 e. The molecule has 0 radical (unpaired) electrons. The van der Waals surface area contributed by atoms with Crippen molar-refractivity contribution in [1.29, 1.82) is 0 Å². The van der Waals surface area contributed by atoms with Gasteiger partial charge >= 0.3 is 6.09 Å². The normalized spacial score (nSPS) is 16.9. The number of benzene rings is 2. The van der Waals surface area contributed by atoms with Gasteiger partial charge in [0.05, 0.1) is 20.3 Å². The second-order valence-electron chi connectivity index (χ2n) is 9.36. The fourth-order valence-electron chi connectivity index (χ4n) is 4.57. The SMILES string of the molecule is CNC(CNC(=O)c1cc(CO)cc(C(OCCNC(=O)OC)c2cccc(Cl)c2)c1)C[C@H]1CCCOC1. The molecule has 0 spiro atoms. The van der Waals surface area contributed by atoms with Crippen molar-refractivity contribution in [1.82, 2.24) is 16.0 Å². The Labute approximate surface area is 229 Å². The molecule has 0 aliphatic carbocycles. The van der Waals surface area contributed by atoms with Crippen molar-refractivity contribution in [3.63, 3.8) is 0 Å². The lowest BCUT2D eigenvalue weighted by atomic mass is 9.94. The highest BCUT2D eigenvalue weighted by atomic mass is 35.5. The lowest BCUT2D eigenvalue weighted by molar-refractivity contribution is 0.0478. The van der Waals surface area contributed by atoms with Gasteiger partial charge in [-0.15, -0.1) is 0 Å². The van der Waals surface area contributed by atoms with Crippen molar-refractivity contribution in [3.8, 4) is 0 Å². The van der Waals surface area contributed by atoms with E-state index in [1.165, 1.54) is 7.11 Å². The predicted molar refractivity (Wildman–Crippen MR) is 145 cm³/mol. The summed E-state index contributed by atoms with van der Waals surface area (Å²) >= 11 is 6.25. The quantitative estimate of drug-likeness (QED) is 0.284. The zero-order chi connectivity index (χ0) is 27.3. The van der Waals surface area contributed by atoms with Crippen LogP contribution in [0, 0.1) is 5.92 Å². The number of rotatable bonds is 13. The van der Waals surface area contributed by atoms with Crippen LogP contribution in [0.1, 0.15) is 52.4 Å². The van der Waals surface area contributed by atoms with E-state index < -0.39 is 12.2 Å². The van der Waals surface area contributed by atoms with Crippen LogP contribution >= 0.6 is 11.6 Å². The number of hydrogen-bond donors (Lipinski definition) is 4. The molecule has 1 aliphatic heterocycles. The Kier molecular flexibility index (Phi) is 12.3. The molecule has 0 saturated carbocycles. The summed E-state index contributed by atoms with van der Waals surface area (Å²) in [4.78, 5) is 24.6. The van der Waals surface area contributed by atoms with Crippen LogP contribution in [0.5, 0.6) is 0 Å². The largest absolute Gasteiger partial charge is 0.453 e. The Balaban J connectivity index is 1.75. The van der Waals surface area contributed by atoms with E-state index in [1.807, 2.05) is 19.2 Å². The van der Waals surface area contributed by atoms with E-state index in [0.717, 1.165) is 38.0 Å². The van der Waals surface area contributed by atoms with Crippen molar-refractivity contribution >= 4 is 23.6 Å². The molecule has 1 aliphatic rings. The highest BCUT2D eigenvalue weighted by Gasteiger charge is 2.21. The van der Waals surface area contributed by atoms with Crippen molar-refractivity contribution in [2.75, 3.05) is 47.1 Å². The van der Waals surface area contributed by atoms with Gasteiger partial charge in [-0.2, -0.15) is 0 Å². The van der Waals surface area contributed by atoms with Gasteiger partial charge in [0.1, 0.15) is 6.10 Å². The van der Waals surface area contributed by atoms with E-state index in [0.29, 0.717) is 34.2 Å². The van der Waals surface area contributed by atoms with Crippen molar-refractivity contribution in [3.05, 3.63) is 69.7 Å². The first-order valence-electron chi connectivity index (χ1n) is 12.9. The third-order valence-corrected chi connectivity index (χ3v) is 6.78. The maximum atomic E-state index is 13.2. The summed E-state index contributed by atoms with van der Waals surface area (Å²) in [6.45, 7) is 2.23. The first-order chi connectivity index (χ1) is 18.4. The van der Waals surface area contributed by atoms with E-state index in [-0.39, 0.29) is 31.7 Å². The lowest BCUT2D eigenvalue weighted by Gasteiger charge is -2.26. The Hall–Kier alpha value is -2.69. The molecule has 2 unspecified atom stereocenters. The van der Waals surface area contributed by atoms with E-state index in [2.05, 4.69) is 20.7 Å². The van der Waals surface area contributed by atoms with Gasteiger partial charge in [0.2, 0.25) is 0 Å². The second kappa shape index (κ2) is 15.7. The molecule has 0 aromatic heterocycles. The van der Waals surface area contributed by atoms with Gasteiger partial charge in [-0.05, 0) is 73.2 Å². The Morgan fingerprint density at radius 3 is 2.71 bits per heavy atom. The van der Waals surface area contributed by atoms with E-state index in [1.54, 1.807) is 30.3 Å². The van der Waals surface area contributed by atoms with Crippen LogP contribution in [0.4, 0.5) is 4.79 Å². The molecule has 208 valence electrons. The summed E-state index contributed by atoms with van der Waals surface area (Å²) in [6.07, 6.45) is 1.99. The number of nitrogens with one attached hydrogen (secondary N) is 3. The van der Waals surface area contributed by atoms with Crippen molar-refractivity contribution < 1.29 is 28.9 Å². The number of carbonyl (C=O) groups excluding carboxylic acids is 2. The first-order valence-corrected chi connectivity index (χ1v) is 13.3. The number of hydrogen-bond acceptors (Lipinski definition) is 7. The van der Waals surface area contributed by atoms with Gasteiger partial charge < -0.3 is 35.3 Å². The number of carbonyl (C=O) groups is 2. The van der Waals surface area contributed by atoms with Crippen LogP contribution in [0.2, 0.25) is 5.02 Å². The molecule has 1 fully saturated rings. The number of likely N-dealkylation sites (N-methyl/N-ethyl adjacent to an activating group) is 1. The second-order valence-corrected chi connectivity index (χ2v) is 9.80. The number of alkyl carbamates (subject to hydrolysis) is 1. The third-order valence-electron chi connectivity index (χ3n) is 6.55. The summed E-state index contributed by atoms with van der Waals surface area (Å²) in [5, 5.41) is 19.4. The smallest absolute Gasteiger partial charge is 0.406 e. The zero-order valence-corrected chi connectivity index (χ0v) is 22.8. The number of halogens is 1. The number of amides is 2. The molecule has 3 rings (SSSR count).